The molecule has 3 aromatic rings. The molecule has 0 aliphatic carbocycles. The fourth-order valence-electron chi connectivity index (χ4n) is 2.59. The third kappa shape index (κ3) is 4.79. The molecular weight excluding hydrogens is 467 g/mol. The van der Waals surface area contributed by atoms with Crippen LogP contribution in [0.15, 0.2) is 35.7 Å². The number of ether oxygens (including phenoxy) is 2. The van der Waals surface area contributed by atoms with E-state index in [9.17, 15) is 35.5 Å². The molecule has 0 saturated carbocycles. The number of anilines is 1. The van der Waals surface area contributed by atoms with Gasteiger partial charge in [-0.25, -0.2) is 17.6 Å². The predicted octanol–water partition coefficient (Wildman–Crippen LogP) is 6.16. The Hall–Kier alpha value is -3.28. The van der Waals surface area contributed by atoms with Gasteiger partial charge in [-0.3, -0.25) is 4.79 Å². The Balaban J connectivity index is 1.76. The normalized spacial score (nSPS) is 11.4. The van der Waals surface area contributed by atoms with Gasteiger partial charge < -0.3 is 14.8 Å². The summed E-state index contributed by atoms with van der Waals surface area (Å²) in [6.07, 6.45) is -5.68. The first-order valence-electron chi connectivity index (χ1n) is 8.61. The summed E-state index contributed by atoms with van der Waals surface area (Å²) in [7, 11) is 1.48. The summed E-state index contributed by atoms with van der Waals surface area (Å²) >= 11 is 0.818. The van der Waals surface area contributed by atoms with Gasteiger partial charge in [-0.15, -0.1) is 11.3 Å². The molecule has 0 unspecified atom stereocenters. The second-order valence-corrected chi connectivity index (χ2v) is 7.16. The van der Waals surface area contributed by atoms with Crippen LogP contribution in [0, 0.1) is 23.3 Å². The zero-order valence-corrected chi connectivity index (χ0v) is 16.8. The van der Waals surface area contributed by atoms with Crippen molar-refractivity contribution in [2.24, 2.45) is 0 Å². The molecule has 0 bridgehead atoms. The van der Waals surface area contributed by atoms with E-state index in [0.29, 0.717) is 17.1 Å². The Morgan fingerprint density at radius 1 is 1.00 bits per heavy atom. The summed E-state index contributed by atoms with van der Waals surface area (Å²) in [6, 6.07) is 7.94. The smallest absolute Gasteiger partial charge is 0.422 e. The lowest BCUT2D eigenvalue weighted by molar-refractivity contribution is -0.143. The highest BCUT2D eigenvalue weighted by atomic mass is 32.1. The van der Waals surface area contributed by atoms with E-state index < -0.39 is 46.6 Å². The Bertz CT molecular complexity index is 1130. The molecule has 0 fully saturated rings. The van der Waals surface area contributed by atoms with E-state index in [1.807, 2.05) is 0 Å². The number of hydrogen-bond acceptors (Lipinski definition) is 4. The molecule has 1 amide bonds. The number of hydrogen-bond donors (Lipinski definition) is 1. The van der Waals surface area contributed by atoms with Crippen LogP contribution >= 0.6 is 11.3 Å². The van der Waals surface area contributed by atoms with Gasteiger partial charge in [-0.2, -0.15) is 13.2 Å². The van der Waals surface area contributed by atoms with Crippen LogP contribution in [0.25, 0.3) is 0 Å². The van der Waals surface area contributed by atoms with Gasteiger partial charge in [-0.05, 0) is 23.6 Å². The summed E-state index contributed by atoms with van der Waals surface area (Å²) < 4.78 is 104. The minimum atomic E-state index is -5.68. The second-order valence-electron chi connectivity index (χ2n) is 6.24. The van der Waals surface area contributed by atoms with Crippen LogP contribution in [0.5, 0.6) is 11.5 Å². The zero-order chi connectivity index (χ0) is 23.6. The van der Waals surface area contributed by atoms with Crippen molar-refractivity contribution in [1.82, 2.24) is 0 Å². The number of nitrogens with one attached hydrogen (secondary N) is 1. The maximum absolute atomic E-state index is 14.0. The highest BCUT2D eigenvalue weighted by Crippen LogP contribution is 2.38. The zero-order valence-electron chi connectivity index (χ0n) is 15.9. The van der Waals surface area contributed by atoms with E-state index in [-0.39, 0.29) is 11.5 Å². The Morgan fingerprint density at radius 2 is 1.62 bits per heavy atom. The molecule has 32 heavy (non-hydrogen) atoms. The summed E-state index contributed by atoms with van der Waals surface area (Å²) in [5.74, 6) is -10.2. The molecule has 0 aliphatic heterocycles. The second kappa shape index (κ2) is 9.07. The molecule has 1 aromatic heterocycles. The first-order chi connectivity index (χ1) is 15.0. The van der Waals surface area contributed by atoms with Crippen LogP contribution in [0.3, 0.4) is 0 Å². The van der Waals surface area contributed by atoms with Crippen molar-refractivity contribution in [2.75, 3.05) is 12.4 Å². The minimum absolute atomic E-state index is 0.00318. The van der Waals surface area contributed by atoms with Crippen molar-refractivity contribution in [3.05, 3.63) is 75.0 Å². The van der Waals surface area contributed by atoms with Gasteiger partial charge in [0.15, 0.2) is 23.3 Å². The molecule has 0 spiro atoms. The Labute approximate surface area is 180 Å². The SMILES string of the molecule is COc1cccc(OCc2csc(C(=O)Nc3c(F)c(F)c(C(F)(F)F)c(F)c3F)c2)c1. The summed E-state index contributed by atoms with van der Waals surface area (Å²) in [5, 5.41) is 3.06. The van der Waals surface area contributed by atoms with Crippen LogP contribution in [0.4, 0.5) is 36.4 Å². The van der Waals surface area contributed by atoms with Gasteiger partial charge >= 0.3 is 6.18 Å². The van der Waals surface area contributed by atoms with Crippen molar-refractivity contribution in [2.45, 2.75) is 12.8 Å². The van der Waals surface area contributed by atoms with Gasteiger partial charge in [0.1, 0.15) is 29.4 Å². The van der Waals surface area contributed by atoms with Crippen molar-refractivity contribution in [3.8, 4) is 11.5 Å². The van der Waals surface area contributed by atoms with E-state index in [2.05, 4.69) is 0 Å². The molecule has 1 N–H and O–H groups in total. The van der Waals surface area contributed by atoms with E-state index in [1.54, 1.807) is 29.6 Å². The average Bonchev–Trinajstić information content (AvgIpc) is 3.22. The van der Waals surface area contributed by atoms with E-state index >= 15 is 0 Å². The van der Waals surface area contributed by atoms with Gasteiger partial charge in [0.05, 0.1) is 12.0 Å². The molecule has 0 atom stereocenters. The Kier molecular flexibility index (Phi) is 6.63. The third-order valence-corrected chi connectivity index (χ3v) is 5.09. The van der Waals surface area contributed by atoms with Gasteiger partial charge in [0.25, 0.3) is 5.91 Å². The molecule has 0 radical (unpaired) electrons. The Morgan fingerprint density at radius 3 is 2.22 bits per heavy atom. The number of amides is 1. The lowest BCUT2D eigenvalue weighted by atomic mass is 10.1. The van der Waals surface area contributed by atoms with Gasteiger partial charge in [0, 0.05) is 11.6 Å². The van der Waals surface area contributed by atoms with Crippen LogP contribution in [0.2, 0.25) is 0 Å². The van der Waals surface area contributed by atoms with Crippen LogP contribution in [-0.2, 0) is 12.8 Å². The topological polar surface area (TPSA) is 47.6 Å². The van der Waals surface area contributed by atoms with Crippen molar-refractivity contribution < 1.29 is 45.0 Å². The van der Waals surface area contributed by atoms with E-state index in [0.717, 1.165) is 11.3 Å². The number of halogens is 7. The van der Waals surface area contributed by atoms with E-state index in [1.165, 1.54) is 18.6 Å². The van der Waals surface area contributed by atoms with Crippen molar-refractivity contribution in [3.63, 3.8) is 0 Å². The van der Waals surface area contributed by atoms with Crippen LogP contribution in [0.1, 0.15) is 20.8 Å². The number of thiophene rings is 1. The molecule has 0 aliphatic rings. The fraction of sp³-hybridized carbons (Fsp3) is 0.150. The largest absolute Gasteiger partial charge is 0.497 e. The summed E-state index contributed by atoms with van der Waals surface area (Å²) in [6.45, 7) is 0.00318. The van der Waals surface area contributed by atoms with Gasteiger partial charge in [-0.1, -0.05) is 6.07 Å². The quantitative estimate of drug-likeness (QED) is 0.340. The molecule has 12 heteroatoms. The first kappa shape index (κ1) is 23.4. The molecule has 3 rings (SSSR count). The van der Waals surface area contributed by atoms with Crippen LogP contribution in [-0.4, -0.2) is 13.0 Å². The maximum Gasteiger partial charge on any atom is 0.422 e. The minimum Gasteiger partial charge on any atom is -0.497 e. The number of carbonyl (C=O) groups excluding carboxylic acids is 1. The maximum atomic E-state index is 14.0. The molecule has 1 heterocycles. The lowest BCUT2D eigenvalue weighted by Gasteiger charge is -2.14. The first-order valence-corrected chi connectivity index (χ1v) is 9.49. The van der Waals surface area contributed by atoms with Gasteiger partial charge in [0.2, 0.25) is 0 Å². The summed E-state index contributed by atoms with van der Waals surface area (Å²) in [5.41, 5.74) is -3.91. The third-order valence-electron chi connectivity index (χ3n) is 4.11. The highest BCUT2D eigenvalue weighted by molar-refractivity contribution is 7.12. The fourth-order valence-corrected chi connectivity index (χ4v) is 3.39. The number of benzene rings is 2. The van der Waals surface area contributed by atoms with Crippen molar-refractivity contribution in [1.29, 1.82) is 0 Å². The monoisotopic (exact) mass is 479 g/mol. The van der Waals surface area contributed by atoms with E-state index in [4.69, 9.17) is 9.47 Å². The van der Waals surface area contributed by atoms with Crippen molar-refractivity contribution >= 4 is 22.9 Å². The number of methoxy groups -OCH3 is 1. The number of carbonyl (C=O) groups is 1. The molecule has 4 nitrogen and oxygen atoms in total. The van der Waals surface area contributed by atoms with Crippen LogP contribution < -0.4 is 14.8 Å². The number of rotatable bonds is 6. The molecular formula is C20H12F7NO3S. The predicted molar refractivity (Wildman–Crippen MR) is 101 cm³/mol. The molecule has 2 aromatic carbocycles. The molecule has 0 saturated heterocycles. The lowest BCUT2D eigenvalue weighted by Crippen LogP contribution is -2.19. The number of alkyl halides is 3. The highest BCUT2D eigenvalue weighted by Gasteiger charge is 2.42. The summed E-state index contributed by atoms with van der Waals surface area (Å²) in [4.78, 5) is 12.1. The average molecular weight is 479 g/mol. The molecule has 170 valence electrons. The standard InChI is InChI=1S/C20H12F7NO3S/c1-30-10-3-2-4-11(6-10)31-7-9-5-12(32-8-9)19(29)28-18-16(23)14(21)13(20(25,26)27)15(22)17(18)24/h2-6,8H,7H2,1H3,(H,28,29).